The highest BCUT2D eigenvalue weighted by Crippen LogP contribution is 2.41. The largest absolute Gasteiger partial charge is 0.354 e. The van der Waals surface area contributed by atoms with Gasteiger partial charge in [-0.2, -0.15) is 5.10 Å². The van der Waals surface area contributed by atoms with E-state index >= 15 is 0 Å². The van der Waals surface area contributed by atoms with Gasteiger partial charge in [0, 0.05) is 11.4 Å². The van der Waals surface area contributed by atoms with Crippen molar-refractivity contribution in [2.75, 3.05) is 5.32 Å². The highest BCUT2D eigenvalue weighted by atomic mass is 32.2. The summed E-state index contributed by atoms with van der Waals surface area (Å²) in [6.45, 7) is 2.12. The molecule has 0 fully saturated rings. The maximum absolute atomic E-state index is 14.5. The van der Waals surface area contributed by atoms with E-state index in [1.54, 1.807) is 24.3 Å². The predicted molar refractivity (Wildman–Crippen MR) is 119 cm³/mol. The normalized spacial score (nSPS) is 18.7. The van der Waals surface area contributed by atoms with Crippen molar-refractivity contribution >= 4 is 21.6 Å². The van der Waals surface area contributed by atoms with Gasteiger partial charge >= 0.3 is 6.03 Å². The van der Waals surface area contributed by atoms with E-state index in [2.05, 4.69) is 21.7 Å². The van der Waals surface area contributed by atoms with Gasteiger partial charge in [-0.3, -0.25) is 4.98 Å². The number of anilines is 1. The quantitative estimate of drug-likeness (QED) is 0.625. The number of para-hydroxylation sites is 1. The van der Waals surface area contributed by atoms with Crippen LogP contribution in [0.15, 0.2) is 45.9 Å². The Morgan fingerprint density at radius 3 is 2.81 bits per heavy atom. The van der Waals surface area contributed by atoms with E-state index in [4.69, 9.17) is 10.1 Å². The summed E-state index contributed by atoms with van der Waals surface area (Å²) in [5, 5.41) is 12.0. The van der Waals surface area contributed by atoms with Gasteiger partial charge in [0.2, 0.25) is 5.03 Å². The SMILES string of the molecule is C[C@@H]1CCc2c1nc1c(c2NC(=O)N=[S@@](N)(=O)c2nn(-c3ccccc3)cc2F)CCC1. The van der Waals surface area contributed by atoms with Crippen LogP contribution in [0.1, 0.15) is 48.2 Å². The van der Waals surface area contributed by atoms with E-state index in [0.29, 0.717) is 17.3 Å². The van der Waals surface area contributed by atoms with Crippen molar-refractivity contribution in [3.8, 4) is 5.69 Å². The molecule has 1 aromatic carbocycles. The second-order valence-corrected chi connectivity index (χ2v) is 9.93. The lowest BCUT2D eigenvalue weighted by Crippen LogP contribution is -2.20. The number of aryl methyl sites for hydroxylation is 1. The minimum atomic E-state index is -3.90. The van der Waals surface area contributed by atoms with E-state index in [1.807, 2.05) is 6.07 Å². The standard InChI is InChI=1S/C22H23FN6O2S/c1-13-10-11-16-19(13)25-18-9-5-8-15(18)20(16)26-22(30)28-32(24,31)21-17(23)12-29(27-21)14-6-3-2-4-7-14/h2-4,6-7,12-13H,5,8-11H2,1H3,(H3,24,25,26,28,30,31)/t13-,32-/m1/s1. The van der Waals surface area contributed by atoms with E-state index in [1.165, 1.54) is 4.68 Å². The van der Waals surface area contributed by atoms with Gasteiger partial charge in [-0.1, -0.05) is 25.1 Å². The summed E-state index contributed by atoms with van der Waals surface area (Å²) in [6, 6.07) is 7.88. The molecular formula is C22H23FN6O2S. The molecular weight excluding hydrogens is 431 g/mol. The minimum absolute atomic E-state index is 0.318. The third-order valence-electron chi connectivity index (χ3n) is 6.04. The monoisotopic (exact) mass is 454 g/mol. The smallest absolute Gasteiger partial charge is 0.305 e. The van der Waals surface area contributed by atoms with Gasteiger partial charge in [-0.15, -0.1) is 4.36 Å². The number of aromatic nitrogens is 3. The Labute approximate surface area is 185 Å². The molecule has 5 rings (SSSR count). The zero-order valence-corrected chi connectivity index (χ0v) is 18.4. The van der Waals surface area contributed by atoms with E-state index < -0.39 is 26.8 Å². The van der Waals surface area contributed by atoms with Crippen LogP contribution in [0, 0.1) is 5.82 Å². The van der Waals surface area contributed by atoms with Crippen LogP contribution in [0.4, 0.5) is 14.9 Å². The van der Waals surface area contributed by atoms with Crippen LogP contribution in [0.3, 0.4) is 0 Å². The molecule has 0 saturated carbocycles. The molecule has 2 heterocycles. The third kappa shape index (κ3) is 3.59. The molecule has 0 aliphatic heterocycles. The molecule has 166 valence electrons. The molecule has 8 nitrogen and oxygen atoms in total. The first-order valence-corrected chi connectivity index (χ1v) is 12.1. The summed E-state index contributed by atoms with van der Waals surface area (Å²) in [7, 11) is -3.90. The van der Waals surface area contributed by atoms with Crippen LogP contribution in [-0.4, -0.2) is 25.0 Å². The number of hydrogen-bond donors (Lipinski definition) is 2. The summed E-state index contributed by atoms with van der Waals surface area (Å²) >= 11 is 0. The minimum Gasteiger partial charge on any atom is -0.305 e. The molecule has 0 bridgehead atoms. The molecule has 0 unspecified atom stereocenters. The Kier molecular flexibility index (Phi) is 5.06. The zero-order chi connectivity index (χ0) is 22.5. The number of amides is 2. The number of fused-ring (bicyclic) bond motifs is 2. The average Bonchev–Trinajstić information content (AvgIpc) is 3.47. The van der Waals surface area contributed by atoms with Crippen LogP contribution in [-0.2, 0) is 29.2 Å². The van der Waals surface area contributed by atoms with E-state index in [9.17, 15) is 13.4 Å². The second kappa shape index (κ2) is 7.79. The molecule has 0 spiro atoms. The number of rotatable bonds is 3. The van der Waals surface area contributed by atoms with Crippen LogP contribution in [0.2, 0.25) is 0 Å². The van der Waals surface area contributed by atoms with Crippen molar-refractivity contribution in [3.63, 3.8) is 0 Å². The predicted octanol–water partition coefficient (Wildman–Crippen LogP) is 3.88. The Balaban J connectivity index is 1.48. The van der Waals surface area contributed by atoms with Gasteiger partial charge in [0.05, 0.1) is 17.6 Å². The Bertz CT molecular complexity index is 1340. The first-order valence-electron chi connectivity index (χ1n) is 10.5. The van der Waals surface area contributed by atoms with E-state index in [0.717, 1.165) is 60.8 Å². The Morgan fingerprint density at radius 1 is 1.25 bits per heavy atom. The Morgan fingerprint density at radius 2 is 2.03 bits per heavy atom. The number of nitrogens with two attached hydrogens (primary N) is 1. The van der Waals surface area contributed by atoms with Crippen molar-refractivity contribution in [2.24, 2.45) is 9.50 Å². The number of nitrogens with zero attached hydrogens (tertiary/aromatic N) is 4. The van der Waals surface area contributed by atoms with Crippen LogP contribution < -0.4 is 10.5 Å². The molecule has 0 radical (unpaired) electrons. The number of benzene rings is 1. The number of pyridine rings is 1. The fraction of sp³-hybridized carbons (Fsp3) is 0.318. The lowest BCUT2D eigenvalue weighted by molar-refractivity contribution is 0.260. The van der Waals surface area contributed by atoms with E-state index in [-0.39, 0.29) is 0 Å². The van der Waals surface area contributed by atoms with Crippen molar-refractivity contribution in [3.05, 3.63) is 64.9 Å². The molecule has 3 N–H and O–H groups in total. The van der Waals surface area contributed by atoms with Crippen LogP contribution in [0.25, 0.3) is 5.69 Å². The van der Waals surface area contributed by atoms with Crippen LogP contribution in [0.5, 0.6) is 0 Å². The maximum atomic E-state index is 14.5. The summed E-state index contributed by atoms with van der Waals surface area (Å²) < 4.78 is 32.4. The molecule has 2 amide bonds. The van der Waals surface area contributed by atoms with Gasteiger partial charge < -0.3 is 5.32 Å². The van der Waals surface area contributed by atoms with Gasteiger partial charge in [0.15, 0.2) is 15.7 Å². The first kappa shape index (κ1) is 20.8. The number of urea groups is 1. The number of halogens is 1. The highest BCUT2D eigenvalue weighted by molar-refractivity contribution is 7.91. The molecule has 0 saturated heterocycles. The summed E-state index contributed by atoms with van der Waals surface area (Å²) in [5.41, 5.74) is 5.27. The average molecular weight is 455 g/mol. The zero-order valence-electron chi connectivity index (χ0n) is 17.5. The molecule has 2 aliphatic rings. The molecule has 10 heteroatoms. The summed E-state index contributed by atoms with van der Waals surface area (Å²) in [5.74, 6) is -0.573. The molecule has 2 atom stereocenters. The fourth-order valence-electron chi connectivity index (χ4n) is 4.50. The first-order chi connectivity index (χ1) is 15.3. The van der Waals surface area contributed by atoms with Gasteiger partial charge in [-0.05, 0) is 61.3 Å². The van der Waals surface area contributed by atoms with Gasteiger partial charge in [0.1, 0.15) is 0 Å². The molecule has 2 aromatic heterocycles. The van der Waals surface area contributed by atoms with Crippen LogP contribution >= 0.6 is 0 Å². The van der Waals surface area contributed by atoms with Gasteiger partial charge in [0.25, 0.3) is 0 Å². The van der Waals surface area contributed by atoms with Crippen molar-refractivity contribution in [1.82, 2.24) is 14.8 Å². The van der Waals surface area contributed by atoms with Gasteiger partial charge in [-0.25, -0.2) is 23.2 Å². The third-order valence-corrected chi connectivity index (χ3v) is 7.31. The highest BCUT2D eigenvalue weighted by Gasteiger charge is 2.30. The fourth-order valence-corrected chi connectivity index (χ4v) is 5.41. The summed E-state index contributed by atoms with van der Waals surface area (Å²) in [6.07, 6.45) is 5.48. The Hall–Kier alpha value is -3.11. The molecule has 2 aliphatic carbocycles. The van der Waals surface area contributed by atoms with Crippen molar-refractivity contribution < 1.29 is 13.4 Å². The van der Waals surface area contributed by atoms with Crippen molar-refractivity contribution in [1.29, 1.82) is 0 Å². The number of carbonyl (C=O) groups excluding carboxylic acids is 1. The summed E-state index contributed by atoms with van der Waals surface area (Å²) in [4.78, 5) is 17.6. The maximum Gasteiger partial charge on any atom is 0.354 e. The lowest BCUT2D eigenvalue weighted by atomic mass is 10.0. The molecule has 32 heavy (non-hydrogen) atoms. The number of carbonyl (C=O) groups is 1. The topological polar surface area (TPSA) is 115 Å². The molecule has 3 aromatic rings. The lowest BCUT2D eigenvalue weighted by Gasteiger charge is -2.15. The second-order valence-electron chi connectivity index (χ2n) is 8.22. The van der Waals surface area contributed by atoms with Crippen molar-refractivity contribution in [2.45, 2.75) is 50.0 Å². The number of hydrogen-bond acceptors (Lipinski definition) is 4. The number of nitrogens with one attached hydrogen (secondary N) is 1.